The lowest BCUT2D eigenvalue weighted by Crippen LogP contribution is -2.40. The van der Waals surface area contributed by atoms with Gasteiger partial charge in [-0.1, -0.05) is 6.42 Å². The smallest absolute Gasteiger partial charge is 0.304 e. The van der Waals surface area contributed by atoms with Gasteiger partial charge < -0.3 is 9.67 Å². The van der Waals surface area contributed by atoms with E-state index in [0.29, 0.717) is 6.04 Å². The number of hydrogen-bond donors (Lipinski definition) is 1. The highest BCUT2D eigenvalue weighted by molar-refractivity contribution is 5.67. The highest BCUT2D eigenvalue weighted by Crippen LogP contribution is 2.22. The van der Waals surface area contributed by atoms with Crippen molar-refractivity contribution in [2.24, 2.45) is 0 Å². The Labute approximate surface area is 114 Å². The Hall–Kier alpha value is -1.36. The molecule has 0 saturated carbocycles. The number of aromatic nitrogens is 2. The molecule has 0 aliphatic carbocycles. The number of hydrogen-bond acceptors (Lipinski definition) is 3. The first kappa shape index (κ1) is 14.1. The molecule has 1 aliphatic rings. The van der Waals surface area contributed by atoms with Crippen LogP contribution in [0.2, 0.25) is 0 Å². The maximum absolute atomic E-state index is 10.9. The van der Waals surface area contributed by atoms with Gasteiger partial charge in [-0.2, -0.15) is 0 Å². The molecule has 106 valence electrons. The molecule has 0 radical (unpaired) electrons. The number of carboxylic acid groups (broad SMARTS) is 1. The molecule has 0 amide bonds. The fraction of sp³-hybridized carbons (Fsp3) is 0.714. The van der Waals surface area contributed by atoms with Gasteiger partial charge >= 0.3 is 5.97 Å². The summed E-state index contributed by atoms with van der Waals surface area (Å²) in [7, 11) is 0. The standard InChI is InChI=1S/C14H23N3O2/c1-11(2)17-10-15-8-13(17)9-16-6-4-3-5-12(16)7-14(18)19/h8,10-12H,3-7,9H2,1-2H3,(H,18,19). The molecule has 1 unspecified atom stereocenters. The molecule has 1 fully saturated rings. The Morgan fingerprint density at radius 3 is 3.00 bits per heavy atom. The third-order valence-corrected chi connectivity index (χ3v) is 3.83. The summed E-state index contributed by atoms with van der Waals surface area (Å²) in [5, 5.41) is 9.01. The fourth-order valence-corrected chi connectivity index (χ4v) is 2.83. The van der Waals surface area contributed by atoms with Crippen molar-refractivity contribution in [3.8, 4) is 0 Å². The van der Waals surface area contributed by atoms with Crippen LogP contribution in [-0.4, -0.2) is 38.1 Å². The number of nitrogens with zero attached hydrogens (tertiary/aromatic N) is 3. The molecule has 5 heteroatoms. The molecule has 1 aliphatic heterocycles. The number of carboxylic acids is 1. The zero-order valence-corrected chi connectivity index (χ0v) is 11.7. The zero-order chi connectivity index (χ0) is 13.8. The van der Waals surface area contributed by atoms with Crippen LogP contribution in [0.15, 0.2) is 12.5 Å². The Bertz CT molecular complexity index is 428. The molecule has 5 nitrogen and oxygen atoms in total. The van der Waals surface area contributed by atoms with Gasteiger partial charge in [-0.25, -0.2) is 4.98 Å². The van der Waals surface area contributed by atoms with Gasteiger partial charge in [0, 0.05) is 24.8 Å². The first-order chi connectivity index (χ1) is 9.08. The van der Waals surface area contributed by atoms with E-state index in [1.165, 1.54) is 5.69 Å². The van der Waals surface area contributed by atoms with E-state index >= 15 is 0 Å². The van der Waals surface area contributed by atoms with E-state index in [1.807, 2.05) is 12.5 Å². The summed E-state index contributed by atoms with van der Waals surface area (Å²) in [6.45, 7) is 6.06. The van der Waals surface area contributed by atoms with E-state index in [9.17, 15) is 4.79 Å². The maximum Gasteiger partial charge on any atom is 0.304 e. The van der Waals surface area contributed by atoms with Crippen molar-refractivity contribution in [3.05, 3.63) is 18.2 Å². The number of imidazole rings is 1. The predicted molar refractivity (Wildman–Crippen MR) is 72.9 cm³/mol. The highest BCUT2D eigenvalue weighted by Gasteiger charge is 2.25. The van der Waals surface area contributed by atoms with Gasteiger partial charge in [0.05, 0.1) is 18.4 Å². The highest BCUT2D eigenvalue weighted by atomic mass is 16.4. The second-order valence-electron chi connectivity index (χ2n) is 5.60. The minimum absolute atomic E-state index is 0.168. The van der Waals surface area contributed by atoms with Crippen LogP contribution in [0, 0.1) is 0 Å². The lowest BCUT2D eigenvalue weighted by molar-refractivity contribution is -0.138. The van der Waals surface area contributed by atoms with Gasteiger partial charge in [0.1, 0.15) is 0 Å². The number of carbonyl (C=O) groups is 1. The topological polar surface area (TPSA) is 58.4 Å². The Balaban J connectivity index is 2.06. The van der Waals surface area contributed by atoms with E-state index in [1.54, 1.807) is 0 Å². The molecule has 1 atom stereocenters. The molecular weight excluding hydrogens is 242 g/mol. The molecule has 2 heterocycles. The van der Waals surface area contributed by atoms with Crippen molar-refractivity contribution < 1.29 is 9.90 Å². The molecule has 1 N–H and O–H groups in total. The number of likely N-dealkylation sites (tertiary alicyclic amines) is 1. The van der Waals surface area contributed by atoms with E-state index < -0.39 is 5.97 Å². The minimum atomic E-state index is -0.700. The third-order valence-electron chi connectivity index (χ3n) is 3.83. The van der Waals surface area contributed by atoms with Crippen LogP contribution < -0.4 is 0 Å². The normalized spacial score (nSPS) is 20.9. The fourth-order valence-electron chi connectivity index (χ4n) is 2.83. The number of piperidine rings is 1. The SMILES string of the molecule is CC(C)n1cncc1CN1CCCCC1CC(=O)O. The summed E-state index contributed by atoms with van der Waals surface area (Å²) in [4.78, 5) is 17.5. The molecule has 0 aromatic carbocycles. The van der Waals surface area contributed by atoms with Crippen LogP contribution in [-0.2, 0) is 11.3 Å². The molecule has 1 saturated heterocycles. The first-order valence-electron chi connectivity index (χ1n) is 7.04. The lowest BCUT2D eigenvalue weighted by Gasteiger charge is -2.35. The van der Waals surface area contributed by atoms with E-state index in [2.05, 4.69) is 28.3 Å². The average molecular weight is 265 g/mol. The Kier molecular flexibility index (Phi) is 4.58. The van der Waals surface area contributed by atoms with Crippen molar-refractivity contribution in [1.29, 1.82) is 0 Å². The van der Waals surface area contributed by atoms with Crippen molar-refractivity contribution in [1.82, 2.24) is 14.5 Å². The first-order valence-corrected chi connectivity index (χ1v) is 7.04. The summed E-state index contributed by atoms with van der Waals surface area (Å²) in [5.74, 6) is -0.700. The second kappa shape index (κ2) is 6.19. The van der Waals surface area contributed by atoms with E-state index in [-0.39, 0.29) is 12.5 Å². The molecule has 0 bridgehead atoms. The van der Waals surface area contributed by atoms with Gasteiger partial charge in [0.25, 0.3) is 0 Å². The van der Waals surface area contributed by atoms with Crippen LogP contribution in [0.3, 0.4) is 0 Å². The molecule has 19 heavy (non-hydrogen) atoms. The maximum atomic E-state index is 10.9. The summed E-state index contributed by atoms with van der Waals surface area (Å²) in [5.41, 5.74) is 1.17. The zero-order valence-electron chi connectivity index (χ0n) is 11.7. The van der Waals surface area contributed by atoms with Gasteiger partial charge in [-0.3, -0.25) is 9.69 Å². The second-order valence-corrected chi connectivity index (χ2v) is 5.60. The quantitative estimate of drug-likeness (QED) is 0.887. The third kappa shape index (κ3) is 3.56. The van der Waals surface area contributed by atoms with Crippen molar-refractivity contribution >= 4 is 5.97 Å². The van der Waals surface area contributed by atoms with Crippen LogP contribution in [0.5, 0.6) is 0 Å². The van der Waals surface area contributed by atoms with Crippen LogP contribution in [0.1, 0.15) is 51.3 Å². The van der Waals surface area contributed by atoms with Gasteiger partial charge in [-0.05, 0) is 33.2 Å². The van der Waals surface area contributed by atoms with Gasteiger partial charge in [0.15, 0.2) is 0 Å². The van der Waals surface area contributed by atoms with Gasteiger partial charge in [-0.15, -0.1) is 0 Å². The number of rotatable bonds is 5. The molecule has 1 aromatic heterocycles. The Morgan fingerprint density at radius 2 is 2.32 bits per heavy atom. The summed E-state index contributed by atoms with van der Waals surface area (Å²) < 4.78 is 2.16. The molecule has 1 aromatic rings. The van der Waals surface area contributed by atoms with Crippen molar-refractivity contribution in [2.75, 3.05) is 6.54 Å². The summed E-state index contributed by atoms with van der Waals surface area (Å²) >= 11 is 0. The van der Waals surface area contributed by atoms with Crippen molar-refractivity contribution in [3.63, 3.8) is 0 Å². The summed E-state index contributed by atoms with van der Waals surface area (Å²) in [6, 6.07) is 0.557. The summed E-state index contributed by atoms with van der Waals surface area (Å²) in [6.07, 6.45) is 7.28. The monoisotopic (exact) mass is 265 g/mol. The van der Waals surface area contributed by atoms with Crippen molar-refractivity contribution in [2.45, 2.75) is 58.2 Å². The van der Waals surface area contributed by atoms with Crippen LogP contribution in [0.25, 0.3) is 0 Å². The number of aliphatic carboxylic acids is 1. The molecule has 2 rings (SSSR count). The Morgan fingerprint density at radius 1 is 1.53 bits per heavy atom. The lowest BCUT2D eigenvalue weighted by atomic mass is 9.99. The predicted octanol–water partition coefficient (Wildman–Crippen LogP) is 2.29. The molecular formula is C14H23N3O2. The molecule has 0 spiro atoms. The van der Waals surface area contributed by atoms with Crippen LogP contribution >= 0.6 is 0 Å². The van der Waals surface area contributed by atoms with Gasteiger partial charge in [0.2, 0.25) is 0 Å². The van der Waals surface area contributed by atoms with Crippen LogP contribution in [0.4, 0.5) is 0 Å². The largest absolute Gasteiger partial charge is 0.481 e. The average Bonchev–Trinajstić information content (AvgIpc) is 2.79. The van der Waals surface area contributed by atoms with E-state index in [0.717, 1.165) is 32.4 Å². The minimum Gasteiger partial charge on any atom is -0.481 e. The van der Waals surface area contributed by atoms with E-state index in [4.69, 9.17) is 5.11 Å².